The van der Waals surface area contributed by atoms with Crippen LogP contribution in [0.3, 0.4) is 0 Å². The second-order valence-corrected chi connectivity index (χ2v) is 7.31. The third-order valence-corrected chi connectivity index (χ3v) is 4.86. The fourth-order valence-electron chi connectivity index (χ4n) is 1.80. The molecule has 1 amide bonds. The van der Waals surface area contributed by atoms with Gasteiger partial charge in [-0.15, -0.1) is 6.58 Å². The number of halogens is 1. The van der Waals surface area contributed by atoms with Crippen LogP contribution < -0.4 is 10.0 Å². The Morgan fingerprint density at radius 1 is 1.17 bits per heavy atom. The first-order chi connectivity index (χ1) is 10.9. The summed E-state index contributed by atoms with van der Waals surface area (Å²) >= 11 is 3.31. The standard InChI is InChI=1S/C16H15BrN2O3S/c1-2-10-18-23(21,22)15-8-6-14(7-9-15)19-16(20)12-4-3-5-13(17)11-12/h2-9,11,18H,1,10H2,(H,19,20). The van der Waals surface area contributed by atoms with Gasteiger partial charge in [-0.25, -0.2) is 13.1 Å². The van der Waals surface area contributed by atoms with E-state index < -0.39 is 10.0 Å². The quantitative estimate of drug-likeness (QED) is 0.738. The molecule has 2 N–H and O–H groups in total. The summed E-state index contributed by atoms with van der Waals surface area (Å²) in [7, 11) is -3.57. The minimum atomic E-state index is -3.57. The number of carbonyl (C=O) groups is 1. The van der Waals surface area contributed by atoms with Crippen LogP contribution in [-0.2, 0) is 10.0 Å². The number of carbonyl (C=O) groups excluding carboxylic acids is 1. The highest BCUT2D eigenvalue weighted by atomic mass is 79.9. The molecule has 5 nitrogen and oxygen atoms in total. The lowest BCUT2D eigenvalue weighted by molar-refractivity contribution is 0.102. The van der Waals surface area contributed by atoms with Gasteiger partial charge in [0.2, 0.25) is 10.0 Å². The van der Waals surface area contributed by atoms with Crippen LogP contribution in [0.1, 0.15) is 10.4 Å². The minimum absolute atomic E-state index is 0.125. The Morgan fingerprint density at radius 2 is 1.87 bits per heavy atom. The summed E-state index contributed by atoms with van der Waals surface area (Å²) in [6.07, 6.45) is 1.46. The van der Waals surface area contributed by atoms with Gasteiger partial charge in [-0.2, -0.15) is 0 Å². The SMILES string of the molecule is C=CCNS(=O)(=O)c1ccc(NC(=O)c2cccc(Br)c2)cc1. The van der Waals surface area contributed by atoms with Gasteiger partial charge in [0.25, 0.3) is 5.91 Å². The molecule has 0 bridgehead atoms. The molecule has 0 heterocycles. The normalized spacial score (nSPS) is 11.0. The number of sulfonamides is 1. The van der Waals surface area contributed by atoms with E-state index in [2.05, 4.69) is 32.5 Å². The van der Waals surface area contributed by atoms with E-state index in [0.717, 1.165) is 4.47 Å². The summed E-state index contributed by atoms with van der Waals surface area (Å²) in [4.78, 5) is 12.2. The van der Waals surface area contributed by atoms with Gasteiger partial charge in [-0.3, -0.25) is 4.79 Å². The molecule has 0 unspecified atom stereocenters. The number of benzene rings is 2. The molecule has 0 aromatic heterocycles. The number of amides is 1. The molecular weight excluding hydrogens is 380 g/mol. The maximum atomic E-state index is 12.1. The Morgan fingerprint density at radius 3 is 2.48 bits per heavy atom. The van der Waals surface area contributed by atoms with Crippen molar-refractivity contribution in [3.05, 3.63) is 71.2 Å². The Labute approximate surface area is 143 Å². The van der Waals surface area contributed by atoms with Crippen molar-refractivity contribution in [2.24, 2.45) is 0 Å². The Bertz CT molecular complexity index is 817. The number of anilines is 1. The first-order valence-electron chi connectivity index (χ1n) is 6.70. The monoisotopic (exact) mass is 394 g/mol. The zero-order valence-electron chi connectivity index (χ0n) is 12.1. The van der Waals surface area contributed by atoms with Crippen molar-refractivity contribution in [1.82, 2.24) is 4.72 Å². The predicted octanol–water partition coefficient (Wildman–Crippen LogP) is 3.17. The molecule has 0 aliphatic carbocycles. The minimum Gasteiger partial charge on any atom is -0.322 e. The van der Waals surface area contributed by atoms with Gasteiger partial charge < -0.3 is 5.32 Å². The molecule has 23 heavy (non-hydrogen) atoms. The molecule has 0 saturated heterocycles. The molecule has 0 aliphatic rings. The van der Waals surface area contributed by atoms with Gasteiger partial charge in [0.1, 0.15) is 0 Å². The van der Waals surface area contributed by atoms with Crippen LogP contribution in [0.4, 0.5) is 5.69 Å². The summed E-state index contributed by atoms with van der Waals surface area (Å²) < 4.78 is 27.0. The average Bonchev–Trinajstić information content (AvgIpc) is 2.53. The summed E-state index contributed by atoms with van der Waals surface area (Å²) in [5, 5.41) is 2.72. The van der Waals surface area contributed by atoms with Crippen molar-refractivity contribution in [2.45, 2.75) is 4.90 Å². The van der Waals surface area contributed by atoms with E-state index in [0.29, 0.717) is 11.3 Å². The molecule has 0 atom stereocenters. The Balaban J connectivity index is 2.11. The zero-order chi connectivity index (χ0) is 16.9. The predicted molar refractivity (Wildman–Crippen MR) is 93.9 cm³/mol. The highest BCUT2D eigenvalue weighted by Crippen LogP contribution is 2.16. The van der Waals surface area contributed by atoms with Crippen molar-refractivity contribution >= 4 is 37.5 Å². The summed E-state index contributed by atoms with van der Waals surface area (Å²) in [5.74, 6) is -0.272. The van der Waals surface area contributed by atoms with E-state index in [1.54, 1.807) is 30.3 Å². The molecule has 7 heteroatoms. The number of rotatable bonds is 6. The third kappa shape index (κ3) is 4.75. The van der Waals surface area contributed by atoms with Crippen LogP contribution in [0, 0.1) is 0 Å². The first kappa shape index (κ1) is 17.4. The molecule has 0 saturated carbocycles. The van der Waals surface area contributed by atoms with Crippen molar-refractivity contribution in [3.8, 4) is 0 Å². The van der Waals surface area contributed by atoms with E-state index in [9.17, 15) is 13.2 Å². The molecule has 2 rings (SSSR count). The van der Waals surface area contributed by atoms with Gasteiger partial charge in [0.05, 0.1) is 4.90 Å². The van der Waals surface area contributed by atoms with E-state index in [4.69, 9.17) is 0 Å². The second-order valence-electron chi connectivity index (χ2n) is 4.63. The second kappa shape index (κ2) is 7.54. The summed E-state index contributed by atoms with van der Waals surface area (Å²) in [5.41, 5.74) is 1.02. The topological polar surface area (TPSA) is 75.3 Å². The van der Waals surface area contributed by atoms with E-state index >= 15 is 0 Å². The first-order valence-corrected chi connectivity index (χ1v) is 8.97. The van der Waals surface area contributed by atoms with Crippen LogP contribution in [0.5, 0.6) is 0 Å². The highest BCUT2D eigenvalue weighted by molar-refractivity contribution is 9.10. The van der Waals surface area contributed by atoms with Gasteiger partial charge in [0, 0.05) is 22.3 Å². The molecule has 0 radical (unpaired) electrons. The zero-order valence-corrected chi connectivity index (χ0v) is 14.5. The lowest BCUT2D eigenvalue weighted by Gasteiger charge is -2.08. The molecular formula is C16H15BrN2O3S. The van der Waals surface area contributed by atoms with Gasteiger partial charge in [0.15, 0.2) is 0 Å². The number of nitrogens with one attached hydrogen (secondary N) is 2. The van der Waals surface area contributed by atoms with E-state index in [1.165, 1.54) is 18.2 Å². The molecule has 2 aromatic rings. The lowest BCUT2D eigenvalue weighted by atomic mass is 10.2. The van der Waals surface area contributed by atoms with Gasteiger partial charge in [-0.05, 0) is 42.5 Å². The maximum absolute atomic E-state index is 12.1. The van der Waals surface area contributed by atoms with Gasteiger partial charge in [-0.1, -0.05) is 28.1 Å². The summed E-state index contributed by atoms with van der Waals surface area (Å²) in [6.45, 7) is 3.62. The highest BCUT2D eigenvalue weighted by Gasteiger charge is 2.13. The average molecular weight is 395 g/mol. The van der Waals surface area contributed by atoms with E-state index in [1.807, 2.05) is 6.07 Å². The fraction of sp³-hybridized carbons (Fsp3) is 0.0625. The number of hydrogen-bond acceptors (Lipinski definition) is 3. The smallest absolute Gasteiger partial charge is 0.255 e. The van der Waals surface area contributed by atoms with Crippen LogP contribution in [0.15, 0.2) is 70.6 Å². The molecule has 2 aromatic carbocycles. The largest absolute Gasteiger partial charge is 0.322 e. The van der Waals surface area contributed by atoms with Crippen LogP contribution >= 0.6 is 15.9 Å². The van der Waals surface area contributed by atoms with Crippen LogP contribution in [0.25, 0.3) is 0 Å². The maximum Gasteiger partial charge on any atom is 0.255 e. The van der Waals surface area contributed by atoms with Crippen molar-refractivity contribution in [2.75, 3.05) is 11.9 Å². The van der Waals surface area contributed by atoms with Crippen molar-refractivity contribution < 1.29 is 13.2 Å². The van der Waals surface area contributed by atoms with Crippen molar-refractivity contribution in [1.29, 1.82) is 0 Å². The Hall–Kier alpha value is -1.96. The lowest BCUT2D eigenvalue weighted by Crippen LogP contribution is -2.23. The molecule has 0 fully saturated rings. The Kier molecular flexibility index (Phi) is 5.70. The van der Waals surface area contributed by atoms with Gasteiger partial charge >= 0.3 is 0 Å². The molecule has 0 aliphatic heterocycles. The fourth-order valence-corrected chi connectivity index (χ4v) is 3.20. The van der Waals surface area contributed by atoms with Crippen LogP contribution in [-0.4, -0.2) is 20.9 Å². The number of hydrogen-bond donors (Lipinski definition) is 2. The summed E-state index contributed by atoms with van der Waals surface area (Å²) in [6, 6.07) is 12.9. The van der Waals surface area contributed by atoms with E-state index in [-0.39, 0.29) is 17.3 Å². The molecule has 120 valence electrons. The van der Waals surface area contributed by atoms with Crippen molar-refractivity contribution in [3.63, 3.8) is 0 Å². The molecule has 0 spiro atoms. The van der Waals surface area contributed by atoms with Crippen LogP contribution in [0.2, 0.25) is 0 Å². The third-order valence-electron chi connectivity index (χ3n) is 2.93.